The Hall–Kier alpha value is -0.770. The molecule has 0 amide bonds. The average molecular weight is 266 g/mol. The quantitative estimate of drug-likeness (QED) is 0.626. The highest BCUT2D eigenvalue weighted by Gasteiger charge is 2.40. The van der Waals surface area contributed by atoms with E-state index in [2.05, 4.69) is 30.9 Å². The summed E-state index contributed by atoms with van der Waals surface area (Å²) in [7, 11) is 6.45. The van der Waals surface area contributed by atoms with Gasteiger partial charge in [-0.25, -0.2) is 4.99 Å². The van der Waals surface area contributed by atoms with Gasteiger partial charge in [0.2, 0.25) is 0 Å². The van der Waals surface area contributed by atoms with Crippen molar-refractivity contribution >= 4 is 5.96 Å². The van der Waals surface area contributed by atoms with Crippen LogP contribution in [0.25, 0.3) is 0 Å². The molecule has 0 aromatic heterocycles. The zero-order chi connectivity index (χ0) is 13.9. The molecule has 19 heavy (non-hydrogen) atoms. The maximum atomic E-state index is 6.19. The molecule has 2 N–H and O–H groups in total. The van der Waals surface area contributed by atoms with Crippen molar-refractivity contribution in [2.75, 3.05) is 27.7 Å². The maximum absolute atomic E-state index is 6.19. The predicted octanol–water partition coefficient (Wildman–Crippen LogP) is 2.05. The Labute approximate surface area is 118 Å². The molecule has 2 saturated carbocycles. The first-order chi connectivity index (χ1) is 9.03. The Bertz CT molecular complexity index is 314. The van der Waals surface area contributed by atoms with Crippen LogP contribution in [0.15, 0.2) is 4.99 Å². The highest BCUT2D eigenvalue weighted by molar-refractivity contribution is 5.78. The van der Waals surface area contributed by atoms with Gasteiger partial charge in [0.15, 0.2) is 5.96 Å². The minimum absolute atomic E-state index is 0.321. The number of hydrogen-bond acceptors (Lipinski definition) is 2. The number of likely N-dealkylation sites (N-methyl/N-ethyl adjacent to an activating group) is 2. The smallest absolute Gasteiger partial charge is 0.191 e. The molecule has 0 aromatic carbocycles. The van der Waals surface area contributed by atoms with Crippen molar-refractivity contribution in [3.63, 3.8) is 0 Å². The van der Waals surface area contributed by atoms with E-state index in [0.29, 0.717) is 11.6 Å². The number of nitrogens with two attached hydrogens (primary N) is 1. The van der Waals surface area contributed by atoms with Crippen molar-refractivity contribution < 1.29 is 0 Å². The molecule has 0 bridgehead atoms. The Morgan fingerprint density at radius 3 is 2.21 bits per heavy atom. The highest BCUT2D eigenvalue weighted by Crippen LogP contribution is 2.36. The van der Waals surface area contributed by atoms with Crippen LogP contribution in [0.3, 0.4) is 0 Å². The summed E-state index contributed by atoms with van der Waals surface area (Å²) in [5.41, 5.74) is 6.51. The minimum Gasteiger partial charge on any atom is -0.370 e. The van der Waals surface area contributed by atoms with Crippen LogP contribution >= 0.6 is 0 Å². The predicted molar refractivity (Wildman–Crippen MR) is 81.4 cm³/mol. The topological polar surface area (TPSA) is 44.9 Å². The van der Waals surface area contributed by atoms with Gasteiger partial charge in [-0.15, -0.1) is 0 Å². The summed E-state index contributed by atoms with van der Waals surface area (Å²) in [5.74, 6) is 0.736. The van der Waals surface area contributed by atoms with E-state index in [-0.39, 0.29) is 0 Å². The van der Waals surface area contributed by atoms with Crippen molar-refractivity contribution in [1.82, 2.24) is 9.80 Å². The first-order valence-corrected chi connectivity index (χ1v) is 7.75. The van der Waals surface area contributed by atoms with Crippen molar-refractivity contribution in [2.45, 2.75) is 62.9 Å². The van der Waals surface area contributed by atoms with Crippen LogP contribution in [-0.2, 0) is 0 Å². The minimum atomic E-state index is 0.321. The normalized spacial score (nSPS) is 24.3. The third-order valence-electron chi connectivity index (χ3n) is 5.05. The van der Waals surface area contributed by atoms with E-state index < -0.39 is 0 Å². The van der Waals surface area contributed by atoms with Crippen molar-refractivity contribution in [3.05, 3.63) is 0 Å². The molecule has 0 radical (unpaired) electrons. The van der Waals surface area contributed by atoms with Crippen molar-refractivity contribution in [3.8, 4) is 0 Å². The molecule has 4 nitrogen and oxygen atoms in total. The van der Waals surface area contributed by atoms with Gasteiger partial charge in [-0.05, 0) is 46.2 Å². The Balaban J connectivity index is 1.91. The summed E-state index contributed by atoms with van der Waals surface area (Å²) in [6, 6.07) is 0.466. The van der Waals surface area contributed by atoms with E-state index in [9.17, 15) is 0 Å². The van der Waals surface area contributed by atoms with E-state index in [1.165, 1.54) is 51.4 Å². The Morgan fingerprint density at radius 2 is 1.74 bits per heavy atom. The Kier molecular flexibility index (Phi) is 4.71. The molecule has 0 aliphatic heterocycles. The molecule has 2 rings (SSSR count). The summed E-state index contributed by atoms with van der Waals surface area (Å²) >= 11 is 0. The molecule has 4 heteroatoms. The van der Waals surface area contributed by atoms with Crippen LogP contribution in [-0.4, -0.2) is 55.0 Å². The molecular weight excluding hydrogens is 236 g/mol. The average Bonchev–Trinajstić information content (AvgIpc) is 2.34. The molecule has 0 spiro atoms. The third kappa shape index (κ3) is 3.41. The SMILES string of the molecule is CN(CC1(N(C)C)CCC1)C(N)=NC1CCCCC1. The molecule has 2 aliphatic rings. The number of aliphatic imine (C=N–C) groups is 1. The van der Waals surface area contributed by atoms with Gasteiger partial charge in [0.05, 0.1) is 6.04 Å². The van der Waals surface area contributed by atoms with Gasteiger partial charge in [-0.2, -0.15) is 0 Å². The summed E-state index contributed by atoms with van der Waals surface area (Å²) < 4.78 is 0. The van der Waals surface area contributed by atoms with Gasteiger partial charge in [0.1, 0.15) is 0 Å². The fourth-order valence-corrected chi connectivity index (χ4v) is 3.35. The van der Waals surface area contributed by atoms with Crippen molar-refractivity contribution in [1.29, 1.82) is 0 Å². The lowest BCUT2D eigenvalue weighted by atomic mass is 9.75. The third-order valence-corrected chi connectivity index (χ3v) is 5.05. The number of nitrogens with zero attached hydrogens (tertiary/aromatic N) is 3. The highest BCUT2D eigenvalue weighted by atomic mass is 15.3. The zero-order valence-electron chi connectivity index (χ0n) is 12.9. The maximum Gasteiger partial charge on any atom is 0.191 e. The van der Waals surface area contributed by atoms with E-state index in [0.717, 1.165) is 12.5 Å². The van der Waals surface area contributed by atoms with Gasteiger partial charge >= 0.3 is 0 Å². The van der Waals surface area contributed by atoms with E-state index in [1.807, 2.05) is 0 Å². The molecule has 2 fully saturated rings. The first kappa shape index (κ1) is 14.6. The Morgan fingerprint density at radius 1 is 1.11 bits per heavy atom. The second-order valence-corrected chi connectivity index (χ2v) is 6.61. The molecule has 0 heterocycles. The summed E-state index contributed by atoms with van der Waals surface area (Å²) in [6.45, 7) is 1.00. The van der Waals surface area contributed by atoms with Crippen LogP contribution in [0.4, 0.5) is 0 Å². The summed E-state index contributed by atoms with van der Waals surface area (Å²) in [5, 5.41) is 0. The first-order valence-electron chi connectivity index (χ1n) is 7.75. The summed E-state index contributed by atoms with van der Waals surface area (Å²) in [4.78, 5) is 9.26. The van der Waals surface area contributed by atoms with E-state index >= 15 is 0 Å². The monoisotopic (exact) mass is 266 g/mol. The van der Waals surface area contributed by atoms with Gasteiger partial charge in [-0.3, -0.25) is 0 Å². The van der Waals surface area contributed by atoms with Crippen LogP contribution in [0.2, 0.25) is 0 Å². The second kappa shape index (κ2) is 6.12. The largest absolute Gasteiger partial charge is 0.370 e. The molecule has 2 aliphatic carbocycles. The van der Waals surface area contributed by atoms with Crippen LogP contribution in [0.5, 0.6) is 0 Å². The molecule has 110 valence electrons. The number of hydrogen-bond donors (Lipinski definition) is 1. The van der Waals surface area contributed by atoms with Gasteiger partial charge in [-0.1, -0.05) is 19.3 Å². The van der Waals surface area contributed by atoms with Crippen LogP contribution in [0, 0.1) is 0 Å². The van der Waals surface area contributed by atoms with E-state index in [4.69, 9.17) is 10.7 Å². The van der Waals surface area contributed by atoms with Crippen LogP contribution in [0.1, 0.15) is 51.4 Å². The molecular formula is C15H30N4. The standard InChI is InChI=1S/C15H30N4/c1-18(2)15(10-7-11-15)12-19(3)14(16)17-13-8-5-4-6-9-13/h13H,4-12H2,1-3H3,(H2,16,17). The summed E-state index contributed by atoms with van der Waals surface area (Å²) in [6.07, 6.45) is 10.3. The molecule has 0 saturated heterocycles. The molecule has 0 aromatic rings. The fourth-order valence-electron chi connectivity index (χ4n) is 3.35. The second-order valence-electron chi connectivity index (χ2n) is 6.61. The van der Waals surface area contributed by atoms with Gasteiger partial charge in [0.25, 0.3) is 0 Å². The lowest BCUT2D eigenvalue weighted by Gasteiger charge is -2.49. The molecule has 0 atom stereocenters. The lowest BCUT2D eigenvalue weighted by Crippen LogP contribution is -2.58. The van der Waals surface area contributed by atoms with Gasteiger partial charge < -0.3 is 15.5 Å². The van der Waals surface area contributed by atoms with Crippen molar-refractivity contribution in [2.24, 2.45) is 10.7 Å². The molecule has 0 unspecified atom stereocenters. The van der Waals surface area contributed by atoms with E-state index in [1.54, 1.807) is 0 Å². The lowest BCUT2D eigenvalue weighted by molar-refractivity contribution is 0.0427. The van der Waals surface area contributed by atoms with Crippen LogP contribution < -0.4 is 5.73 Å². The zero-order valence-corrected chi connectivity index (χ0v) is 12.9. The number of guanidine groups is 1. The fraction of sp³-hybridized carbons (Fsp3) is 0.933. The number of rotatable bonds is 4. The van der Waals surface area contributed by atoms with Gasteiger partial charge in [0, 0.05) is 19.1 Å².